The van der Waals surface area contributed by atoms with Crippen molar-refractivity contribution in [2.75, 3.05) is 26.7 Å². The van der Waals surface area contributed by atoms with Gasteiger partial charge in [0.1, 0.15) is 0 Å². The van der Waals surface area contributed by atoms with Gasteiger partial charge in [0.15, 0.2) is 5.82 Å². The van der Waals surface area contributed by atoms with E-state index in [0.717, 1.165) is 44.2 Å². The second-order valence-electron chi connectivity index (χ2n) is 7.27. The van der Waals surface area contributed by atoms with Gasteiger partial charge in [0.05, 0.1) is 10.8 Å². The van der Waals surface area contributed by atoms with Crippen LogP contribution in [0.1, 0.15) is 49.0 Å². The van der Waals surface area contributed by atoms with Crippen molar-refractivity contribution in [1.82, 2.24) is 20.4 Å². The van der Waals surface area contributed by atoms with Gasteiger partial charge >= 0.3 is 0 Å². The number of nitrogens with zero attached hydrogens (tertiary/aromatic N) is 3. The third-order valence-corrected chi connectivity index (χ3v) is 6.87. The van der Waals surface area contributed by atoms with Crippen molar-refractivity contribution in [1.29, 1.82) is 0 Å². The van der Waals surface area contributed by atoms with E-state index >= 15 is 0 Å². The van der Waals surface area contributed by atoms with Crippen LogP contribution in [0.25, 0.3) is 0 Å². The molecule has 1 N–H and O–H groups in total. The van der Waals surface area contributed by atoms with Gasteiger partial charge in [-0.1, -0.05) is 35.7 Å². The molecule has 2 aliphatic rings. The normalized spacial score (nSPS) is 22.9. The van der Waals surface area contributed by atoms with Crippen molar-refractivity contribution in [3.05, 3.63) is 41.5 Å². The number of aryl methyl sites for hydroxylation is 1. The Kier molecular flexibility index (Phi) is 6.28. The predicted octanol–water partition coefficient (Wildman–Crippen LogP) is 3.94. The number of thioether (sulfide) groups is 1. The molecular weight excluding hydrogens is 368 g/mol. The van der Waals surface area contributed by atoms with Crippen LogP contribution >= 0.6 is 24.2 Å². The molecule has 1 saturated heterocycles. The molecule has 0 spiro atoms. The molecule has 1 aromatic heterocycles. The number of benzene rings is 1. The van der Waals surface area contributed by atoms with E-state index in [-0.39, 0.29) is 23.2 Å². The highest BCUT2D eigenvalue weighted by Crippen LogP contribution is 2.52. The van der Waals surface area contributed by atoms with E-state index in [1.54, 1.807) is 0 Å². The molecule has 1 aliphatic carbocycles. The van der Waals surface area contributed by atoms with E-state index in [1.165, 1.54) is 23.3 Å². The average Bonchev–Trinajstić information content (AvgIpc) is 3.28. The first kappa shape index (κ1) is 19.7. The lowest BCUT2D eigenvalue weighted by atomic mass is 10.1. The van der Waals surface area contributed by atoms with E-state index in [0.29, 0.717) is 0 Å². The number of rotatable bonds is 4. The van der Waals surface area contributed by atoms with Crippen molar-refractivity contribution >= 4 is 24.2 Å². The third-order valence-electron chi connectivity index (χ3n) is 5.39. The van der Waals surface area contributed by atoms with E-state index < -0.39 is 0 Å². The quantitative estimate of drug-likeness (QED) is 0.847. The molecule has 4 rings (SSSR count). The minimum Gasteiger partial charge on any atom is -0.338 e. The second-order valence-corrected chi connectivity index (χ2v) is 8.73. The van der Waals surface area contributed by atoms with Gasteiger partial charge in [0.2, 0.25) is 5.89 Å². The SMILES string of the molecule is Cc1ccc(SC2(c3nc(C4CNCCN4C)no3)CCCC2)cc1.Cl. The minimum atomic E-state index is -0.0683. The van der Waals surface area contributed by atoms with E-state index in [2.05, 4.69) is 53.6 Å². The van der Waals surface area contributed by atoms with Gasteiger partial charge in [0, 0.05) is 24.5 Å². The molecule has 7 heteroatoms. The standard InChI is InChI=1S/C19H26N4OS.ClH/c1-14-5-7-15(8-6-14)25-19(9-3-4-10-19)18-21-17(22-24-18)16-13-20-11-12-23(16)2;/h5-8,16,20H,3-4,9-13H2,1-2H3;1H. The zero-order valence-corrected chi connectivity index (χ0v) is 17.0. The minimum absolute atomic E-state index is 0. The maximum atomic E-state index is 5.81. The molecule has 26 heavy (non-hydrogen) atoms. The van der Waals surface area contributed by atoms with Crippen molar-refractivity contribution in [2.24, 2.45) is 0 Å². The highest BCUT2D eigenvalue weighted by Gasteiger charge is 2.42. The van der Waals surface area contributed by atoms with Crippen LogP contribution in [0, 0.1) is 6.92 Å². The zero-order chi connectivity index (χ0) is 17.3. The van der Waals surface area contributed by atoms with Crippen LogP contribution in [0.2, 0.25) is 0 Å². The van der Waals surface area contributed by atoms with Gasteiger partial charge in [-0.15, -0.1) is 24.2 Å². The summed E-state index contributed by atoms with van der Waals surface area (Å²) in [6.45, 7) is 5.04. The van der Waals surface area contributed by atoms with Crippen LogP contribution in [0.15, 0.2) is 33.7 Å². The molecule has 2 fully saturated rings. The summed E-state index contributed by atoms with van der Waals surface area (Å²) in [6, 6.07) is 8.96. The predicted molar refractivity (Wildman–Crippen MR) is 107 cm³/mol. The lowest BCUT2D eigenvalue weighted by Gasteiger charge is -2.30. The summed E-state index contributed by atoms with van der Waals surface area (Å²) in [5, 5.41) is 7.78. The smallest absolute Gasteiger partial charge is 0.243 e. The Labute approximate surface area is 165 Å². The molecular formula is C19H27ClN4OS. The van der Waals surface area contributed by atoms with E-state index in [9.17, 15) is 0 Å². The fraction of sp³-hybridized carbons (Fsp3) is 0.579. The highest BCUT2D eigenvalue weighted by atomic mass is 35.5. The molecule has 1 aromatic carbocycles. The Bertz CT molecular complexity index is 715. The molecule has 1 aliphatic heterocycles. The number of piperazine rings is 1. The number of hydrogen-bond acceptors (Lipinski definition) is 6. The van der Waals surface area contributed by atoms with Crippen molar-refractivity contribution in [2.45, 2.75) is 48.3 Å². The molecule has 5 nitrogen and oxygen atoms in total. The average molecular weight is 395 g/mol. The topological polar surface area (TPSA) is 54.2 Å². The molecule has 2 heterocycles. The first-order valence-electron chi connectivity index (χ1n) is 9.17. The van der Waals surface area contributed by atoms with Crippen molar-refractivity contribution in [3.63, 3.8) is 0 Å². The summed E-state index contributed by atoms with van der Waals surface area (Å²) >= 11 is 1.90. The molecule has 0 amide bonds. The first-order valence-corrected chi connectivity index (χ1v) is 9.99. The van der Waals surface area contributed by atoms with Crippen LogP contribution in [-0.2, 0) is 4.75 Å². The Morgan fingerprint density at radius 2 is 1.96 bits per heavy atom. The van der Waals surface area contributed by atoms with Crippen LogP contribution in [0.3, 0.4) is 0 Å². The lowest BCUT2D eigenvalue weighted by Crippen LogP contribution is -2.44. The Hall–Kier alpha value is -1.08. The van der Waals surface area contributed by atoms with E-state index in [4.69, 9.17) is 9.51 Å². The summed E-state index contributed by atoms with van der Waals surface area (Å²) < 4.78 is 5.74. The fourth-order valence-corrected chi connectivity index (χ4v) is 5.17. The number of aromatic nitrogens is 2. The molecule has 1 saturated carbocycles. The number of likely N-dealkylation sites (N-methyl/N-ethyl adjacent to an activating group) is 1. The number of halogens is 1. The molecule has 142 valence electrons. The van der Waals surface area contributed by atoms with Crippen LogP contribution in [0.5, 0.6) is 0 Å². The lowest BCUT2D eigenvalue weighted by molar-refractivity contribution is 0.190. The van der Waals surface area contributed by atoms with Gasteiger partial charge in [-0.05, 0) is 38.9 Å². The van der Waals surface area contributed by atoms with Gasteiger partial charge in [-0.2, -0.15) is 4.98 Å². The zero-order valence-electron chi connectivity index (χ0n) is 15.4. The molecule has 1 atom stereocenters. The fourth-order valence-electron chi connectivity index (χ4n) is 3.79. The van der Waals surface area contributed by atoms with Gasteiger partial charge in [0.25, 0.3) is 0 Å². The monoisotopic (exact) mass is 394 g/mol. The summed E-state index contributed by atoms with van der Waals surface area (Å²) in [5.41, 5.74) is 1.29. The van der Waals surface area contributed by atoms with Gasteiger partial charge in [-0.3, -0.25) is 4.90 Å². The van der Waals surface area contributed by atoms with Gasteiger partial charge < -0.3 is 9.84 Å². The Morgan fingerprint density at radius 3 is 2.65 bits per heavy atom. The second kappa shape index (κ2) is 8.30. The molecule has 0 radical (unpaired) electrons. The highest BCUT2D eigenvalue weighted by molar-refractivity contribution is 8.00. The number of hydrogen-bond donors (Lipinski definition) is 1. The van der Waals surface area contributed by atoms with E-state index in [1.807, 2.05) is 11.8 Å². The summed E-state index contributed by atoms with van der Waals surface area (Å²) in [5.74, 6) is 1.63. The number of nitrogens with one attached hydrogen (secondary N) is 1. The third kappa shape index (κ3) is 3.93. The maximum Gasteiger partial charge on any atom is 0.243 e. The first-order chi connectivity index (χ1) is 12.2. The van der Waals surface area contributed by atoms with Crippen molar-refractivity contribution < 1.29 is 4.52 Å². The van der Waals surface area contributed by atoms with Gasteiger partial charge in [-0.25, -0.2) is 0 Å². The van der Waals surface area contributed by atoms with Crippen LogP contribution < -0.4 is 5.32 Å². The molecule has 1 unspecified atom stereocenters. The molecule has 0 bridgehead atoms. The maximum absolute atomic E-state index is 5.81. The Morgan fingerprint density at radius 1 is 1.23 bits per heavy atom. The largest absolute Gasteiger partial charge is 0.338 e. The van der Waals surface area contributed by atoms with Crippen LogP contribution in [-0.4, -0.2) is 41.7 Å². The van der Waals surface area contributed by atoms with Crippen LogP contribution in [0.4, 0.5) is 0 Å². The molecule has 2 aromatic rings. The summed E-state index contributed by atoms with van der Waals surface area (Å²) in [6.07, 6.45) is 4.65. The van der Waals surface area contributed by atoms with Crippen molar-refractivity contribution in [3.8, 4) is 0 Å². The Balaban J connectivity index is 0.00000196. The summed E-state index contributed by atoms with van der Waals surface area (Å²) in [4.78, 5) is 8.46. The summed E-state index contributed by atoms with van der Waals surface area (Å²) in [7, 11) is 2.13.